The molecular weight excluding hydrogens is 240 g/mol. The average Bonchev–Trinajstić information content (AvgIpc) is 2.43. The minimum Gasteiger partial charge on any atom is -0.356 e. The van der Waals surface area contributed by atoms with E-state index >= 15 is 0 Å². The van der Waals surface area contributed by atoms with Crippen LogP contribution in [0.5, 0.6) is 0 Å². The van der Waals surface area contributed by atoms with E-state index in [9.17, 15) is 4.79 Å². The number of carbonyl (C=O) groups is 1. The van der Waals surface area contributed by atoms with Crippen LogP contribution in [-0.2, 0) is 4.79 Å². The fourth-order valence-corrected chi connectivity index (χ4v) is 2.45. The highest BCUT2D eigenvalue weighted by atomic mass is 16.1. The van der Waals surface area contributed by atoms with Crippen molar-refractivity contribution in [1.82, 2.24) is 15.1 Å². The van der Waals surface area contributed by atoms with E-state index in [1.807, 2.05) is 6.92 Å². The summed E-state index contributed by atoms with van der Waals surface area (Å²) in [6, 6.07) is 2.46. The zero-order valence-electron chi connectivity index (χ0n) is 12.2. The van der Waals surface area contributed by atoms with E-state index in [1.54, 1.807) is 0 Å². The molecule has 108 valence electrons. The van der Waals surface area contributed by atoms with Crippen LogP contribution < -0.4 is 5.32 Å². The highest BCUT2D eigenvalue weighted by molar-refractivity contribution is 5.75. The van der Waals surface area contributed by atoms with Gasteiger partial charge in [-0.2, -0.15) is 5.26 Å². The van der Waals surface area contributed by atoms with Crippen LogP contribution in [0.1, 0.15) is 33.1 Å². The van der Waals surface area contributed by atoms with Gasteiger partial charge in [0, 0.05) is 45.7 Å². The zero-order chi connectivity index (χ0) is 14.1. The summed E-state index contributed by atoms with van der Waals surface area (Å²) in [7, 11) is 0. The predicted molar refractivity (Wildman–Crippen MR) is 75.6 cm³/mol. The Balaban J connectivity index is 2.25. The molecule has 1 aliphatic rings. The Morgan fingerprint density at radius 1 is 1.32 bits per heavy atom. The lowest BCUT2D eigenvalue weighted by Gasteiger charge is -2.36. The summed E-state index contributed by atoms with van der Waals surface area (Å²) in [4.78, 5) is 16.0. The van der Waals surface area contributed by atoms with E-state index < -0.39 is 0 Å². The molecule has 0 aromatic rings. The second-order valence-corrected chi connectivity index (χ2v) is 5.01. The highest BCUT2D eigenvalue weighted by Crippen LogP contribution is 2.10. The SMILES string of the molecule is CCCC(C#N)N1CCN(CCC(=O)NCC)CC1. The first-order valence-corrected chi connectivity index (χ1v) is 7.34. The van der Waals surface area contributed by atoms with Crippen molar-refractivity contribution in [3.63, 3.8) is 0 Å². The molecule has 5 heteroatoms. The van der Waals surface area contributed by atoms with Crippen molar-refractivity contribution in [2.45, 2.75) is 39.2 Å². The average molecular weight is 266 g/mol. The van der Waals surface area contributed by atoms with Crippen LogP contribution >= 0.6 is 0 Å². The van der Waals surface area contributed by atoms with Crippen molar-refractivity contribution in [2.75, 3.05) is 39.3 Å². The number of amides is 1. The van der Waals surface area contributed by atoms with Gasteiger partial charge >= 0.3 is 0 Å². The Hall–Kier alpha value is -1.12. The number of hydrogen-bond donors (Lipinski definition) is 1. The van der Waals surface area contributed by atoms with Crippen molar-refractivity contribution in [2.24, 2.45) is 0 Å². The Morgan fingerprint density at radius 3 is 2.53 bits per heavy atom. The molecule has 1 heterocycles. The summed E-state index contributed by atoms with van der Waals surface area (Å²) < 4.78 is 0. The lowest BCUT2D eigenvalue weighted by molar-refractivity contribution is -0.121. The first-order chi connectivity index (χ1) is 9.21. The van der Waals surface area contributed by atoms with E-state index in [1.165, 1.54) is 0 Å². The van der Waals surface area contributed by atoms with Crippen LogP contribution in [0.2, 0.25) is 0 Å². The van der Waals surface area contributed by atoms with Gasteiger partial charge in [-0.3, -0.25) is 9.69 Å². The van der Waals surface area contributed by atoms with E-state index in [0.29, 0.717) is 13.0 Å². The van der Waals surface area contributed by atoms with Crippen molar-refractivity contribution < 1.29 is 4.79 Å². The fraction of sp³-hybridized carbons (Fsp3) is 0.857. The number of piperazine rings is 1. The summed E-state index contributed by atoms with van der Waals surface area (Å²) in [5, 5.41) is 12.0. The normalized spacial score (nSPS) is 18.8. The summed E-state index contributed by atoms with van der Waals surface area (Å²) in [6.07, 6.45) is 2.58. The Kier molecular flexibility index (Phi) is 7.46. The molecule has 0 bridgehead atoms. The van der Waals surface area contributed by atoms with Crippen molar-refractivity contribution in [3.05, 3.63) is 0 Å². The minimum absolute atomic E-state index is 0.0653. The van der Waals surface area contributed by atoms with Crippen LogP contribution in [0.4, 0.5) is 0 Å². The maximum Gasteiger partial charge on any atom is 0.221 e. The number of hydrogen-bond acceptors (Lipinski definition) is 4. The molecule has 0 aromatic carbocycles. The third kappa shape index (κ3) is 5.58. The second-order valence-electron chi connectivity index (χ2n) is 5.01. The van der Waals surface area contributed by atoms with Gasteiger partial charge in [0.1, 0.15) is 0 Å². The molecule has 0 aliphatic carbocycles. The number of nitriles is 1. The van der Waals surface area contributed by atoms with Gasteiger partial charge in [-0.25, -0.2) is 0 Å². The van der Waals surface area contributed by atoms with Gasteiger partial charge < -0.3 is 10.2 Å². The molecular formula is C14H26N4O. The first kappa shape index (κ1) is 15.9. The molecule has 1 amide bonds. The summed E-state index contributed by atoms with van der Waals surface area (Å²) in [5.74, 6) is 0.130. The van der Waals surface area contributed by atoms with Crippen LogP contribution in [0, 0.1) is 11.3 Å². The molecule has 19 heavy (non-hydrogen) atoms. The molecule has 1 aliphatic heterocycles. The van der Waals surface area contributed by atoms with Gasteiger partial charge in [0.2, 0.25) is 5.91 Å². The van der Waals surface area contributed by atoms with Gasteiger partial charge in [-0.1, -0.05) is 13.3 Å². The summed E-state index contributed by atoms with van der Waals surface area (Å²) >= 11 is 0. The zero-order valence-corrected chi connectivity index (χ0v) is 12.2. The van der Waals surface area contributed by atoms with Gasteiger partial charge in [0.15, 0.2) is 0 Å². The quantitative estimate of drug-likeness (QED) is 0.741. The van der Waals surface area contributed by atoms with E-state index in [2.05, 4.69) is 28.1 Å². The topological polar surface area (TPSA) is 59.4 Å². The van der Waals surface area contributed by atoms with Gasteiger partial charge in [0.25, 0.3) is 0 Å². The molecule has 0 spiro atoms. The third-order valence-electron chi connectivity index (χ3n) is 3.59. The van der Waals surface area contributed by atoms with E-state index in [-0.39, 0.29) is 11.9 Å². The molecule has 1 rings (SSSR count). The van der Waals surface area contributed by atoms with Gasteiger partial charge in [-0.05, 0) is 13.3 Å². The van der Waals surface area contributed by atoms with E-state index in [0.717, 1.165) is 45.6 Å². The summed E-state index contributed by atoms with van der Waals surface area (Å²) in [6.45, 7) is 9.38. The Labute approximate surface area is 116 Å². The van der Waals surface area contributed by atoms with Crippen molar-refractivity contribution in [3.8, 4) is 6.07 Å². The number of rotatable bonds is 7. The molecule has 0 radical (unpaired) electrons. The third-order valence-corrected chi connectivity index (χ3v) is 3.59. The molecule has 5 nitrogen and oxygen atoms in total. The molecule has 1 N–H and O–H groups in total. The minimum atomic E-state index is 0.0653. The molecule has 1 saturated heterocycles. The standard InChI is InChI=1S/C14H26N4O/c1-3-5-13(12-15)18-10-8-17(9-11-18)7-6-14(19)16-4-2/h13H,3-11H2,1-2H3,(H,16,19). The fourth-order valence-electron chi connectivity index (χ4n) is 2.45. The molecule has 1 atom stereocenters. The van der Waals surface area contributed by atoms with Crippen LogP contribution in [0.15, 0.2) is 0 Å². The monoisotopic (exact) mass is 266 g/mol. The Morgan fingerprint density at radius 2 is 2.00 bits per heavy atom. The Bertz CT molecular complexity index is 305. The second kappa shape index (κ2) is 8.89. The molecule has 1 fully saturated rings. The molecule has 1 unspecified atom stereocenters. The van der Waals surface area contributed by atoms with E-state index in [4.69, 9.17) is 5.26 Å². The smallest absolute Gasteiger partial charge is 0.221 e. The first-order valence-electron chi connectivity index (χ1n) is 7.34. The van der Waals surface area contributed by atoms with Gasteiger partial charge in [-0.15, -0.1) is 0 Å². The van der Waals surface area contributed by atoms with Crippen LogP contribution in [-0.4, -0.2) is 61.0 Å². The largest absolute Gasteiger partial charge is 0.356 e. The van der Waals surface area contributed by atoms with Crippen LogP contribution in [0.25, 0.3) is 0 Å². The van der Waals surface area contributed by atoms with Gasteiger partial charge in [0.05, 0.1) is 12.1 Å². The maximum atomic E-state index is 11.4. The predicted octanol–water partition coefficient (Wildman–Crippen LogP) is 0.822. The van der Waals surface area contributed by atoms with Crippen molar-refractivity contribution >= 4 is 5.91 Å². The number of nitrogens with zero attached hydrogens (tertiary/aromatic N) is 3. The highest BCUT2D eigenvalue weighted by Gasteiger charge is 2.23. The number of carbonyl (C=O) groups excluding carboxylic acids is 1. The lowest BCUT2D eigenvalue weighted by atomic mass is 10.1. The summed E-state index contributed by atoms with van der Waals surface area (Å²) in [5.41, 5.74) is 0. The molecule has 0 aromatic heterocycles. The lowest BCUT2D eigenvalue weighted by Crippen LogP contribution is -2.50. The molecule has 0 saturated carbocycles. The van der Waals surface area contributed by atoms with Crippen molar-refractivity contribution in [1.29, 1.82) is 5.26 Å². The maximum absolute atomic E-state index is 11.4. The van der Waals surface area contributed by atoms with Crippen LogP contribution in [0.3, 0.4) is 0 Å². The number of nitrogens with one attached hydrogen (secondary N) is 1.